The minimum absolute atomic E-state index is 0.121. The van der Waals surface area contributed by atoms with Crippen molar-refractivity contribution in [3.63, 3.8) is 0 Å². The Balaban J connectivity index is 2.78. The average Bonchev–Trinajstić information content (AvgIpc) is 2.64. The molecule has 0 atom stereocenters. The van der Waals surface area contributed by atoms with Crippen molar-refractivity contribution >= 4 is 31.8 Å². The summed E-state index contributed by atoms with van der Waals surface area (Å²) in [6.07, 6.45) is 1.11. The summed E-state index contributed by atoms with van der Waals surface area (Å²) in [6, 6.07) is 0. The summed E-state index contributed by atoms with van der Waals surface area (Å²) < 4.78 is 6.50. The molecular weight excluding hydrogens is 264 g/mol. The average molecular weight is 291 g/mol. The molecule has 1 rings (SSSR count). The highest BCUT2D eigenvalue weighted by molar-refractivity contribution is 8.21. The van der Waals surface area contributed by atoms with E-state index in [1.54, 1.807) is 0 Å². The first-order chi connectivity index (χ1) is 7.65. The van der Waals surface area contributed by atoms with Gasteiger partial charge in [-0.3, -0.25) is 0 Å². The Labute approximate surface area is 116 Å². The lowest BCUT2D eigenvalue weighted by Crippen LogP contribution is -2.42. The van der Waals surface area contributed by atoms with Gasteiger partial charge in [0.2, 0.25) is 8.32 Å². The minimum atomic E-state index is -1.72. The first-order valence-electron chi connectivity index (χ1n) is 6.31. The highest BCUT2D eigenvalue weighted by Crippen LogP contribution is 2.52. The molecule has 0 aliphatic carbocycles. The van der Waals surface area contributed by atoms with Gasteiger partial charge in [0.15, 0.2) is 0 Å². The molecule has 4 heteroatoms. The molecule has 0 unspecified atom stereocenters. The second-order valence-corrected chi connectivity index (χ2v) is 13.9. The van der Waals surface area contributed by atoms with E-state index in [0.717, 1.165) is 12.2 Å². The van der Waals surface area contributed by atoms with Gasteiger partial charge in [0.05, 0.1) is 5.76 Å². The van der Waals surface area contributed by atoms with Gasteiger partial charge in [-0.2, -0.15) is 0 Å². The summed E-state index contributed by atoms with van der Waals surface area (Å²) >= 11 is 4.02. The molecule has 0 amide bonds. The molecule has 0 aromatic rings. The molecule has 1 saturated heterocycles. The van der Waals surface area contributed by atoms with E-state index in [0.29, 0.717) is 0 Å². The van der Waals surface area contributed by atoms with Gasteiger partial charge in [-0.25, -0.2) is 0 Å². The van der Waals surface area contributed by atoms with Crippen LogP contribution in [0.25, 0.3) is 0 Å². The van der Waals surface area contributed by atoms with Crippen LogP contribution in [-0.2, 0) is 4.43 Å². The fourth-order valence-electron chi connectivity index (χ4n) is 1.56. The Bertz CT molecular complexity index is 288. The van der Waals surface area contributed by atoms with Crippen molar-refractivity contribution in [2.45, 2.75) is 56.3 Å². The monoisotopic (exact) mass is 290 g/mol. The van der Waals surface area contributed by atoms with Crippen LogP contribution in [0.1, 0.15) is 34.1 Å². The Morgan fingerprint density at radius 3 is 2.12 bits per heavy atom. The van der Waals surface area contributed by atoms with Crippen molar-refractivity contribution in [3.8, 4) is 0 Å². The lowest BCUT2D eigenvalue weighted by atomic mass is 10.2. The van der Waals surface area contributed by atoms with Gasteiger partial charge in [0.25, 0.3) is 0 Å². The Morgan fingerprint density at radius 1 is 1.29 bits per heavy atom. The Hall–Kier alpha value is 0.457. The summed E-state index contributed by atoms with van der Waals surface area (Å²) in [7, 11) is -1.72. The van der Waals surface area contributed by atoms with Crippen molar-refractivity contribution in [2.24, 2.45) is 0 Å². The molecule has 1 nitrogen and oxygen atoms in total. The van der Waals surface area contributed by atoms with Crippen LogP contribution in [0, 0.1) is 0 Å². The maximum atomic E-state index is 6.38. The van der Waals surface area contributed by atoms with Gasteiger partial charge in [-0.15, -0.1) is 23.5 Å². The largest absolute Gasteiger partial charge is 0.545 e. The van der Waals surface area contributed by atoms with Crippen LogP contribution in [-0.4, -0.2) is 23.9 Å². The Morgan fingerprint density at radius 2 is 1.76 bits per heavy atom. The van der Waals surface area contributed by atoms with Crippen LogP contribution < -0.4 is 0 Å². The van der Waals surface area contributed by atoms with E-state index in [4.69, 9.17) is 4.43 Å². The van der Waals surface area contributed by atoms with Crippen molar-refractivity contribution in [2.75, 3.05) is 11.5 Å². The molecule has 17 heavy (non-hydrogen) atoms. The maximum Gasteiger partial charge on any atom is 0.250 e. The zero-order valence-electron chi connectivity index (χ0n) is 12.1. The topological polar surface area (TPSA) is 9.23 Å². The highest BCUT2D eigenvalue weighted by Gasteiger charge is 2.44. The van der Waals surface area contributed by atoms with Crippen molar-refractivity contribution in [1.29, 1.82) is 0 Å². The lowest BCUT2D eigenvalue weighted by Gasteiger charge is -2.41. The van der Waals surface area contributed by atoms with Gasteiger partial charge >= 0.3 is 0 Å². The molecule has 0 spiro atoms. The quantitative estimate of drug-likeness (QED) is 0.526. The molecule has 1 aliphatic rings. The normalized spacial score (nSPS) is 20.4. The van der Waals surface area contributed by atoms with Gasteiger partial charge < -0.3 is 4.43 Å². The van der Waals surface area contributed by atoms with E-state index < -0.39 is 8.32 Å². The Kier molecular flexibility index (Phi) is 4.76. The highest BCUT2D eigenvalue weighted by atomic mass is 32.2. The van der Waals surface area contributed by atoms with E-state index in [1.165, 1.54) is 11.5 Å². The van der Waals surface area contributed by atoms with Crippen LogP contribution in [0.2, 0.25) is 18.1 Å². The van der Waals surface area contributed by atoms with Crippen molar-refractivity contribution in [1.82, 2.24) is 0 Å². The SMILES string of the molecule is C=C(O[Si](C)(C)C(C)(C)C)C1(CC)SCCS1. The standard InChI is InChI=1S/C13H26OS2Si/c1-8-13(15-9-10-16-13)11(2)14-17(6,7)12(3,4)5/h2,8-10H2,1,3-7H3. The lowest BCUT2D eigenvalue weighted by molar-refractivity contribution is 0.364. The van der Waals surface area contributed by atoms with E-state index in [1.807, 2.05) is 23.5 Å². The second kappa shape index (κ2) is 5.22. The second-order valence-electron chi connectivity index (χ2n) is 6.09. The smallest absolute Gasteiger partial charge is 0.250 e. The molecule has 1 aliphatic heterocycles. The van der Waals surface area contributed by atoms with Crippen LogP contribution in [0.4, 0.5) is 0 Å². The molecule has 0 saturated carbocycles. The fraction of sp³-hybridized carbons (Fsp3) is 0.846. The predicted octanol–water partition coefficient (Wildman–Crippen LogP) is 5.11. The first kappa shape index (κ1) is 15.5. The van der Waals surface area contributed by atoms with Crippen LogP contribution in [0.15, 0.2) is 12.3 Å². The number of thioether (sulfide) groups is 2. The van der Waals surface area contributed by atoms with Crippen molar-refractivity contribution in [3.05, 3.63) is 12.3 Å². The van der Waals surface area contributed by atoms with E-state index >= 15 is 0 Å². The summed E-state index contributed by atoms with van der Waals surface area (Å²) in [4.78, 5) is 0. The number of rotatable bonds is 4. The van der Waals surface area contributed by atoms with Crippen LogP contribution >= 0.6 is 23.5 Å². The maximum absolute atomic E-state index is 6.38. The fourth-order valence-corrected chi connectivity index (χ4v) is 5.77. The molecule has 1 heterocycles. The molecule has 0 N–H and O–H groups in total. The summed E-state index contributed by atoms with van der Waals surface area (Å²) in [5, 5.41) is 0.249. The van der Waals surface area contributed by atoms with E-state index in [9.17, 15) is 0 Å². The first-order valence-corrected chi connectivity index (χ1v) is 11.2. The van der Waals surface area contributed by atoms with E-state index in [2.05, 4.69) is 47.4 Å². The van der Waals surface area contributed by atoms with Gasteiger partial charge in [-0.1, -0.05) is 34.3 Å². The molecule has 100 valence electrons. The van der Waals surface area contributed by atoms with Crippen LogP contribution in [0.5, 0.6) is 0 Å². The molecule has 0 radical (unpaired) electrons. The zero-order chi connectivity index (χ0) is 13.3. The molecular formula is C13H26OS2Si. The zero-order valence-corrected chi connectivity index (χ0v) is 14.7. The third kappa shape index (κ3) is 3.27. The van der Waals surface area contributed by atoms with Gasteiger partial charge in [0.1, 0.15) is 4.08 Å². The third-order valence-corrected chi connectivity index (χ3v) is 11.9. The third-order valence-electron chi connectivity index (χ3n) is 3.83. The molecule has 1 fully saturated rings. The van der Waals surface area contributed by atoms with Crippen molar-refractivity contribution < 1.29 is 4.43 Å². The molecule has 0 aromatic carbocycles. The van der Waals surface area contributed by atoms with Gasteiger partial charge in [0, 0.05) is 11.5 Å². The summed E-state index contributed by atoms with van der Waals surface area (Å²) in [5.41, 5.74) is 0. The molecule has 0 aromatic heterocycles. The summed E-state index contributed by atoms with van der Waals surface area (Å²) in [5.74, 6) is 3.45. The summed E-state index contributed by atoms with van der Waals surface area (Å²) in [6.45, 7) is 17.9. The predicted molar refractivity (Wildman–Crippen MR) is 85.4 cm³/mol. The van der Waals surface area contributed by atoms with Gasteiger partial charge in [-0.05, 0) is 24.6 Å². The number of hydrogen-bond acceptors (Lipinski definition) is 3. The van der Waals surface area contributed by atoms with E-state index in [-0.39, 0.29) is 9.12 Å². The minimum Gasteiger partial charge on any atom is -0.545 e. The number of hydrogen-bond donors (Lipinski definition) is 0. The van der Waals surface area contributed by atoms with Crippen LogP contribution in [0.3, 0.4) is 0 Å². The molecule has 0 bridgehead atoms.